The molecule has 1 atom stereocenters. The maximum absolute atomic E-state index is 13.5. The van der Waals surface area contributed by atoms with E-state index >= 15 is 0 Å². The number of hydrogen-bond donors (Lipinski definition) is 2. The quantitative estimate of drug-likeness (QED) is 0.673. The lowest BCUT2D eigenvalue weighted by Gasteiger charge is -2.17. The number of sulfonamides is 1. The summed E-state index contributed by atoms with van der Waals surface area (Å²) in [4.78, 5) is 14.8. The molecular formula is C16H14FN3O5S. The van der Waals surface area contributed by atoms with Gasteiger partial charge in [0.15, 0.2) is 0 Å². The van der Waals surface area contributed by atoms with Crippen LogP contribution in [0.1, 0.15) is 23.7 Å². The van der Waals surface area contributed by atoms with E-state index in [0.29, 0.717) is 11.1 Å². The standard InChI is InChI=1S/C16H14FN3O5S/c1-9-13-6-12(8-18-16(13)25-19-9)26(23,24)20-14(7-15(21)22)10-3-2-4-11(17)5-10/h2-6,8,14,20H,7H2,1H3,(H,21,22). The number of halogens is 1. The van der Waals surface area contributed by atoms with Crippen molar-refractivity contribution in [2.24, 2.45) is 0 Å². The topological polar surface area (TPSA) is 122 Å². The number of nitrogens with one attached hydrogen (secondary N) is 1. The number of aryl methyl sites for hydroxylation is 1. The number of nitrogens with zero attached hydrogens (tertiary/aromatic N) is 2. The highest BCUT2D eigenvalue weighted by atomic mass is 32.2. The lowest BCUT2D eigenvalue weighted by molar-refractivity contribution is -0.137. The summed E-state index contributed by atoms with van der Waals surface area (Å²) in [6, 6.07) is 5.28. The first-order valence-corrected chi connectivity index (χ1v) is 8.96. The molecule has 3 rings (SSSR count). The van der Waals surface area contributed by atoms with Crippen molar-refractivity contribution in [2.75, 3.05) is 0 Å². The smallest absolute Gasteiger partial charge is 0.305 e. The Balaban J connectivity index is 1.97. The van der Waals surface area contributed by atoms with Gasteiger partial charge in [-0.2, -0.15) is 0 Å². The largest absolute Gasteiger partial charge is 0.481 e. The second kappa shape index (κ2) is 6.81. The van der Waals surface area contributed by atoms with Crippen molar-refractivity contribution in [2.45, 2.75) is 24.3 Å². The summed E-state index contributed by atoms with van der Waals surface area (Å²) in [7, 11) is -4.12. The molecule has 1 unspecified atom stereocenters. The highest BCUT2D eigenvalue weighted by molar-refractivity contribution is 7.89. The van der Waals surface area contributed by atoms with Crippen LogP contribution in [-0.4, -0.2) is 29.6 Å². The Kier molecular flexibility index (Phi) is 4.70. The zero-order valence-electron chi connectivity index (χ0n) is 13.5. The fourth-order valence-electron chi connectivity index (χ4n) is 2.45. The first kappa shape index (κ1) is 18.0. The van der Waals surface area contributed by atoms with Crippen molar-refractivity contribution >= 4 is 27.1 Å². The molecule has 0 amide bonds. The number of benzene rings is 1. The van der Waals surface area contributed by atoms with Gasteiger partial charge in [-0.05, 0) is 30.7 Å². The summed E-state index contributed by atoms with van der Waals surface area (Å²) in [5.74, 6) is -1.83. The van der Waals surface area contributed by atoms with Gasteiger partial charge in [0.1, 0.15) is 10.7 Å². The fourth-order valence-corrected chi connectivity index (χ4v) is 3.65. The minimum absolute atomic E-state index is 0.178. The number of pyridine rings is 1. The summed E-state index contributed by atoms with van der Waals surface area (Å²) in [5, 5.41) is 13.2. The van der Waals surface area contributed by atoms with Gasteiger partial charge in [-0.1, -0.05) is 17.3 Å². The van der Waals surface area contributed by atoms with Crippen LogP contribution in [0.4, 0.5) is 4.39 Å². The maximum atomic E-state index is 13.5. The third-order valence-electron chi connectivity index (χ3n) is 3.72. The Morgan fingerprint density at radius 2 is 2.15 bits per heavy atom. The monoisotopic (exact) mass is 379 g/mol. The molecule has 136 valence electrons. The van der Waals surface area contributed by atoms with E-state index in [1.807, 2.05) is 0 Å². The van der Waals surface area contributed by atoms with Crippen LogP contribution in [0, 0.1) is 12.7 Å². The van der Waals surface area contributed by atoms with Gasteiger partial charge in [-0.15, -0.1) is 0 Å². The molecule has 0 saturated heterocycles. The van der Waals surface area contributed by atoms with Crippen LogP contribution >= 0.6 is 0 Å². The SMILES string of the molecule is Cc1noc2ncc(S(=O)(=O)NC(CC(=O)O)c3cccc(F)c3)cc12. The normalized spacial score (nSPS) is 13.0. The number of rotatable bonds is 6. The Hall–Kier alpha value is -2.85. The molecule has 0 aliphatic heterocycles. The molecule has 0 aliphatic rings. The van der Waals surface area contributed by atoms with Gasteiger partial charge in [0.25, 0.3) is 5.71 Å². The Morgan fingerprint density at radius 1 is 1.38 bits per heavy atom. The van der Waals surface area contributed by atoms with Crippen LogP contribution in [-0.2, 0) is 14.8 Å². The molecule has 1 aromatic carbocycles. The van der Waals surface area contributed by atoms with Crippen LogP contribution in [0.15, 0.2) is 45.9 Å². The van der Waals surface area contributed by atoms with Gasteiger partial charge in [0.05, 0.1) is 29.7 Å². The highest BCUT2D eigenvalue weighted by Crippen LogP contribution is 2.23. The lowest BCUT2D eigenvalue weighted by Crippen LogP contribution is -2.30. The van der Waals surface area contributed by atoms with E-state index in [4.69, 9.17) is 9.63 Å². The summed E-state index contributed by atoms with van der Waals surface area (Å²) < 4.78 is 46.0. The number of aromatic nitrogens is 2. The average Bonchev–Trinajstić information content (AvgIpc) is 2.94. The number of carboxylic acid groups (broad SMARTS) is 1. The number of carboxylic acids is 1. The van der Waals surface area contributed by atoms with Crippen LogP contribution in [0.3, 0.4) is 0 Å². The molecule has 3 aromatic rings. The highest BCUT2D eigenvalue weighted by Gasteiger charge is 2.25. The number of carbonyl (C=O) groups is 1. The molecule has 2 aromatic heterocycles. The van der Waals surface area contributed by atoms with E-state index in [2.05, 4.69) is 14.9 Å². The van der Waals surface area contributed by atoms with E-state index in [1.165, 1.54) is 24.3 Å². The van der Waals surface area contributed by atoms with Gasteiger partial charge in [-0.25, -0.2) is 22.5 Å². The fraction of sp³-hybridized carbons (Fsp3) is 0.188. The predicted molar refractivity (Wildman–Crippen MR) is 88.3 cm³/mol. The van der Waals surface area contributed by atoms with E-state index in [9.17, 15) is 17.6 Å². The van der Waals surface area contributed by atoms with Gasteiger partial charge >= 0.3 is 5.97 Å². The van der Waals surface area contributed by atoms with Crippen molar-refractivity contribution in [1.29, 1.82) is 0 Å². The molecule has 0 bridgehead atoms. The van der Waals surface area contributed by atoms with Crippen molar-refractivity contribution in [1.82, 2.24) is 14.9 Å². The van der Waals surface area contributed by atoms with Crippen molar-refractivity contribution in [3.8, 4) is 0 Å². The summed E-state index contributed by atoms with van der Waals surface area (Å²) in [6.45, 7) is 1.64. The molecule has 10 heteroatoms. The number of hydrogen-bond acceptors (Lipinski definition) is 6. The van der Waals surface area contributed by atoms with Crippen LogP contribution in [0.5, 0.6) is 0 Å². The molecule has 2 heterocycles. The number of aliphatic carboxylic acids is 1. The molecule has 8 nitrogen and oxygen atoms in total. The number of fused-ring (bicyclic) bond motifs is 1. The van der Waals surface area contributed by atoms with Crippen molar-refractivity contribution in [3.63, 3.8) is 0 Å². The third kappa shape index (κ3) is 3.70. The van der Waals surface area contributed by atoms with Crippen molar-refractivity contribution < 1.29 is 27.2 Å². The Bertz CT molecular complexity index is 1080. The predicted octanol–water partition coefficient (Wildman–Crippen LogP) is 2.16. The van der Waals surface area contributed by atoms with Crippen LogP contribution in [0.2, 0.25) is 0 Å². The minimum Gasteiger partial charge on any atom is -0.481 e. The van der Waals surface area contributed by atoms with Crippen molar-refractivity contribution in [3.05, 3.63) is 53.6 Å². The summed E-state index contributed by atoms with van der Waals surface area (Å²) in [6.07, 6.45) is 0.531. The molecular weight excluding hydrogens is 365 g/mol. The molecule has 26 heavy (non-hydrogen) atoms. The first-order valence-electron chi connectivity index (χ1n) is 7.48. The third-order valence-corrected chi connectivity index (χ3v) is 5.16. The zero-order chi connectivity index (χ0) is 18.9. The molecule has 2 N–H and O–H groups in total. The molecule has 0 radical (unpaired) electrons. The molecule has 0 spiro atoms. The van der Waals surface area contributed by atoms with E-state index in [0.717, 1.165) is 12.3 Å². The van der Waals surface area contributed by atoms with E-state index in [-0.39, 0.29) is 16.2 Å². The molecule has 0 aliphatic carbocycles. The second-order valence-electron chi connectivity index (χ2n) is 5.62. The average molecular weight is 379 g/mol. The van der Waals surface area contributed by atoms with Gasteiger partial charge in [-0.3, -0.25) is 4.79 Å². The van der Waals surface area contributed by atoms with E-state index < -0.39 is 34.3 Å². The lowest BCUT2D eigenvalue weighted by atomic mass is 10.1. The second-order valence-corrected chi connectivity index (χ2v) is 7.33. The summed E-state index contributed by atoms with van der Waals surface area (Å²) >= 11 is 0. The van der Waals surface area contributed by atoms with Crippen LogP contribution < -0.4 is 4.72 Å². The summed E-state index contributed by atoms with van der Waals surface area (Å²) in [5.41, 5.74) is 0.858. The Labute approximate surface area is 147 Å². The van der Waals surface area contributed by atoms with Gasteiger partial charge < -0.3 is 9.63 Å². The van der Waals surface area contributed by atoms with Crippen LogP contribution in [0.25, 0.3) is 11.1 Å². The minimum atomic E-state index is -4.12. The molecule has 0 fully saturated rings. The van der Waals surface area contributed by atoms with E-state index in [1.54, 1.807) is 6.92 Å². The maximum Gasteiger partial charge on any atom is 0.305 e. The molecule has 0 saturated carbocycles. The Morgan fingerprint density at radius 3 is 2.85 bits per heavy atom. The van der Waals surface area contributed by atoms with Gasteiger partial charge in [0, 0.05) is 0 Å². The van der Waals surface area contributed by atoms with Gasteiger partial charge in [0.2, 0.25) is 10.0 Å². The first-order chi connectivity index (χ1) is 12.3. The zero-order valence-corrected chi connectivity index (χ0v) is 14.3.